The first-order valence-corrected chi connectivity index (χ1v) is 6.68. The van der Waals surface area contributed by atoms with Crippen molar-refractivity contribution in [2.24, 2.45) is 0 Å². The lowest BCUT2D eigenvalue weighted by Gasteiger charge is -2.03. The summed E-state index contributed by atoms with van der Waals surface area (Å²) in [5.41, 5.74) is 1.81. The van der Waals surface area contributed by atoms with Gasteiger partial charge in [0.2, 0.25) is 5.91 Å². The van der Waals surface area contributed by atoms with Crippen molar-refractivity contribution in [2.45, 2.75) is 19.3 Å². The first kappa shape index (κ1) is 14.4. The zero-order chi connectivity index (χ0) is 14.5. The summed E-state index contributed by atoms with van der Waals surface area (Å²) in [6, 6.07) is 5.47. The Labute approximate surface area is 120 Å². The Morgan fingerprint density at radius 2 is 2.15 bits per heavy atom. The van der Waals surface area contributed by atoms with E-state index in [1.165, 1.54) is 0 Å². The van der Waals surface area contributed by atoms with Gasteiger partial charge < -0.3 is 15.4 Å². The number of nitrogens with one attached hydrogen (secondary N) is 2. The van der Waals surface area contributed by atoms with Crippen molar-refractivity contribution in [2.75, 3.05) is 6.54 Å². The molecule has 0 aliphatic heterocycles. The van der Waals surface area contributed by atoms with Crippen LogP contribution >= 0.6 is 11.6 Å². The highest BCUT2D eigenvalue weighted by Gasteiger charge is 2.09. The van der Waals surface area contributed by atoms with Crippen molar-refractivity contribution < 1.29 is 14.7 Å². The molecule has 0 saturated carbocycles. The van der Waals surface area contributed by atoms with Crippen molar-refractivity contribution in [1.82, 2.24) is 10.3 Å². The van der Waals surface area contributed by atoms with E-state index in [-0.39, 0.29) is 18.7 Å². The smallest absolute Gasteiger partial charge is 0.303 e. The van der Waals surface area contributed by atoms with Gasteiger partial charge in [-0.25, -0.2) is 0 Å². The first-order valence-electron chi connectivity index (χ1n) is 6.30. The minimum Gasteiger partial charge on any atom is -0.481 e. The number of carbonyl (C=O) groups is 2. The van der Waals surface area contributed by atoms with E-state index in [2.05, 4.69) is 10.3 Å². The Balaban J connectivity index is 1.93. The highest BCUT2D eigenvalue weighted by molar-refractivity contribution is 6.31. The van der Waals surface area contributed by atoms with E-state index in [1.54, 1.807) is 12.3 Å². The molecular formula is C14H15ClN2O3. The molecule has 0 atom stereocenters. The third-order valence-corrected chi connectivity index (χ3v) is 3.21. The van der Waals surface area contributed by atoms with Gasteiger partial charge in [0.25, 0.3) is 0 Å². The number of carboxylic acid groups (broad SMARTS) is 1. The van der Waals surface area contributed by atoms with Gasteiger partial charge in [-0.05, 0) is 30.2 Å². The molecule has 106 valence electrons. The van der Waals surface area contributed by atoms with E-state index in [1.807, 2.05) is 12.1 Å². The molecule has 0 unspecified atom stereocenters. The van der Waals surface area contributed by atoms with E-state index in [0.29, 0.717) is 18.0 Å². The maximum absolute atomic E-state index is 11.8. The fourth-order valence-electron chi connectivity index (χ4n) is 2.00. The maximum Gasteiger partial charge on any atom is 0.303 e. The molecule has 1 aromatic heterocycles. The molecular weight excluding hydrogens is 280 g/mol. The molecule has 0 aliphatic rings. The number of rotatable bonds is 6. The minimum absolute atomic E-state index is 0.0585. The zero-order valence-corrected chi connectivity index (χ0v) is 11.5. The maximum atomic E-state index is 11.8. The number of aliphatic carboxylic acids is 1. The van der Waals surface area contributed by atoms with Crippen LogP contribution in [0.1, 0.15) is 18.4 Å². The van der Waals surface area contributed by atoms with Crippen molar-refractivity contribution in [1.29, 1.82) is 0 Å². The molecule has 0 spiro atoms. The topological polar surface area (TPSA) is 82.2 Å². The van der Waals surface area contributed by atoms with Gasteiger partial charge in [-0.3, -0.25) is 9.59 Å². The highest BCUT2D eigenvalue weighted by Crippen LogP contribution is 2.22. The molecule has 20 heavy (non-hydrogen) atoms. The second kappa shape index (κ2) is 6.43. The van der Waals surface area contributed by atoms with Crippen LogP contribution in [0.25, 0.3) is 10.9 Å². The number of halogens is 1. The van der Waals surface area contributed by atoms with Crippen molar-refractivity contribution in [3.05, 3.63) is 35.0 Å². The molecule has 1 aromatic carbocycles. The average molecular weight is 295 g/mol. The Morgan fingerprint density at radius 3 is 2.90 bits per heavy atom. The van der Waals surface area contributed by atoms with E-state index >= 15 is 0 Å². The molecule has 0 saturated heterocycles. The van der Waals surface area contributed by atoms with Crippen LogP contribution < -0.4 is 5.32 Å². The van der Waals surface area contributed by atoms with E-state index in [0.717, 1.165) is 16.5 Å². The van der Waals surface area contributed by atoms with Gasteiger partial charge in [0.15, 0.2) is 0 Å². The second-order valence-corrected chi connectivity index (χ2v) is 4.96. The molecule has 0 bridgehead atoms. The van der Waals surface area contributed by atoms with Crippen LogP contribution in [0.5, 0.6) is 0 Å². The highest BCUT2D eigenvalue weighted by atomic mass is 35.5. The predicted octanol–water partition coefficient (Wildman–Crippen LogP) is 2.34. The molecule has 1 amide bonds. The summed E-state index contributed by atoms with van der Waals surface area (Å²) >= 11 is 5.95. The fraction of sp³-hybridized carbons (Fsp3) is 0.286. The Morgan fingerprint density at radius 1 is 1.35 bits per heavy atom. The summed E-state index contributed by atoms with van der Waals surface area (Å²) in [4.78, 5) is 25.2. The Hall–Kier alpha value is -2.01. The van der Waals surface area contributed by atoms with Crippen molar-refractivity contribution in [3.8, 4) is 0 Å². The molecule has 6 heteroatoms. The number of aromatic amines is 1. The van der Waals surface area contributed by atoms with Crippen molar-refractivity contribution >= 4 is 34.4 Å². The van der Waals surface area contributed by atoms with Crippen LogP contribution in [0.15, 0.2) is 24.4 Å². The molecule has 2 aromatic rings. The summed E-state index contributed by atoms with van der Waals surface area (Å²) in [5, 5.41) is 12.8. The van der Waals surface area contributed by atoms with Gasteiger partial charge in [0, 0.05) is 35.1 Å². The quantitative estimate of drug-likeness (QED) is 0.715. The first-order chi connectivity index (χ1) is 9.56. The lowest BCUT2D eigenvalue weighted by atomic mass is 10.1. The van der Waals surface area contributed by atoms with Crippen LogP contribution in [0.4, 0.5) is 0 Å². The SMILES string of the molecule is O=C(O)CCCNC(=O)Cc1c[nH]c2ccc(Cl)cc12. The molecule has 0 aliphatic carbocycles. The average Bonchev–Trinajstić information content (AvgIpc) is 2.77. The zero-order valence-electron chi connectivity index (χ0n) is 10.8. The van der Waals surface area contributed by atoms with E-state index in [9.17, 15) is 9.59 Å². The third kappa shape index (κ3) is 3.74. The predicted molar refractivity (Wildman–Crippen MR) is 76.9 cm³/mol. The van der Waals surface area contributed by atoms with Gasteiger partial charge in [-0.1, -0.05) is 11.6 Å². The number of H-pyrrole nitrogens is 1. The summed E-state index contributed by atoms with van der Waals surface area (Å²) in [6.45, 7) is 0.369. The molecule has 0 radical (unpaired) electrons. The summed E-state index contributed by atoms with van der Waals surface area (Å²) in [7, 11) is 0. The Bertz CT molecular complexity index is 636. The number of hydrogen-bond acceptors (Lipinski definition) is 2. The van der Waals surface area contributed by atoms with Gasteiger partial charge in [0.1, 0.15) is 0 Å². The van der Waals surface area contributed by atoms with Crippen LogP contribution in [0.2, 0.25) is 5.02 Å². The monoisotopic (exact) mass is 294 g/mol. The fourth-order valence-corrected chi connectivity index (χ4v) is 2.17. The van der Waals surface area contributed by atoms with Gasteiger partial charge >= 0.3 is 5.97 Å². The minimum atomic E-state index is -0.856. The number of carbonyl (C=O) groups excluding carboxylic acids is 1. The lowest BCUT2D eigenvalue weighted by molar-refractivity contribution is -0.137. The van der Waals surface area contributed by atoms with Crippen LogP contribution in [0.3, 0.4) is 0 Å². The van der Waals surface area contributed by atoms with Crippen LogP contribution in [-0.2, 0) is 16.0 Å². The summed E-state index contributed by atoms with van der Waals surface area (Å²) in [5.74, 6) is -0.984. The second-order valence-electron chi connectivity index (χ2n) is 4.53. The molecule has 0 fully saturated rings. The largest absolute Gasteiger partial charge is 0.481 e. The summed E-state index contributed by atoms with van der Waals surface area (Å²) < 4.78 is 0. The lowest BCUT2D eigenvalue weighted by Crippen LogP contribution is -2.26. The molecule has 5 nitrogen and oxygen atoms in total. The van der Waals surface area contributed by atoms with Gasteiger partial charge in [-0.15, -0.1) is 0 Å². The van der Waals surface area contributed by atoms with Crippen LogP contribution in [-0.4, -0.2) is 28.5 Å². The standard InChI is InChI=1S/C14H15ClN2O3/c15-10-3-4-12-11(7-10)9(8-17-12)6-13(18)16-5-1-2-14(19)20/h3-4,7-8,17H,1-2,5-6H2,(H,16,18)(H,19,20). The number of hydrogen-bond donors (Lipinski definition) is 3. The molecule has 2 rings (SSSR count). The van der Waals surface area contributed by atoms with E-state index < -0.39 is 5.97 Å². The molecule has 3 N–H and O–H groups in total. The van der Waals surface area contributed by atoms with E-state index in [4.69, 9.17) is 16.7 Å². The van der Waals surface area contributed by atoms with Crippen molar-refractivity contribution in [3.63, 3.8) is 0 Å². The number of benzene rings is 1. The third-order valence-electron chi connectivity index (χ3n) is 2.97. The van der Waals surface area contributed by atoms with Crippen LogP contribution in [0, 0.1) is 0 Å². The number of fused-ring (bicyclic) bond motifs is 1. The number of aromatic nitrogens is 1. The summed E-state index contributed by atoms with van der Waals surface area (Å²) in [6.07, 6.45) is 2.52. The van der Waals surface area contributed by atoms with Gasteiger partial charge in [0.05, 0.1) is 6.42 Å². The number of amides is 1. The van der Waals surface area contributed by atoms with Gasteiger partial charge in [-0.2, -0.15) is 0 Å². The number of carboxylic acids is 1. The Kier molecular flexibility index (Phi) is 4.63. The normalized spacial score (nSPS) is 10.7. The molecule has 1 heterocycles.